The molecule has 0 aliphatic carbocycles. The van der Waals surface area contributed by atoms with Crippen molar-refractivity contribution in [3.63, 3.8) is 0 Å². The molecule has 112 valence electrons. The quantitative estimate of drug-likeness (QED) is 0.794. The molecule has 1 aliphatic heterocycles. The zero-order chi connectivity index (χ0) is 14.8. The highest BCUT2D eigenvalue weighted by Gasteiger charge is 2.32. The number of hydrogen-bond acceptors (Lipinski definition) is 6. The van der Waals surface area contributed by atoms with Crippen LogP contribution in [0, 0.1) is 0 Å². The first kappa shape index (κ1) is 14.0. The number of ether oxygens (including phenoxy) is 1. The number of halogens is 1. The molecule has 1 fully saturated rings. The van der Waals surface area contributed by atoms with Crippen LogP contribution in [0.2, 0.25) is 5.28 Å². The van der Waals surface area contributed by atoms with E-state index in [1.54, 1.807) is 0 Å². The van der Waals surface area contributed by atoms with E-state index in [9.17, 15) is 4.79 Å². The standard InChI is InChI=1S/C12H15ClN6O2/c1-2-14-11(20)7-5-21-4-3-19(7)10-8-9(16-6-15-8)17-12(13)18-10/h6-7H,2-5H2,1H3,(H,14,20)(H,15,16,17,18). The fourth-order valence-corrected chi connectivity index (χ4v) is 2.53. The number of nitrogens with one attached hydrogen (secondary N) is 2. The van der Waals surface area contributed by atoms with Gasteiger partial charge in [0.15, 0.2) is 11.5 Å². The third-order valence-electron chi connectivity index (χ3n) is 3.29. The second-order valence-electron chi connectivity index (χ2n) is 4.60. The Bertz CT molecular complexity index is 660. The molecule has 1 unspecified atom stereocenters. The first-order chi connectivity index (χ1) is 10.2. The van der Waals surface area contributed by atoms with Gasteiger partial charge in [-0.2, -0.15) is 9.97 Å². The van der Waals surface area contributed by atoms with Gasteiger partial charge in [0.05, 0.1) is 19.5 Å². The number of imidazole rings is 1. The lowest BCUT2D eigenvalue weighted by Crippen LogP contribution is -2.54. The molecule has 3 heterocycles. The summed E-state index contributed by atoms with van der Waals surface area (Å²) in [4.78, 5) is 29.5. The molecule has 8 nitrogen and oxygen atoms in total. The molecule has 1 saturated heterocycles. The maximum Gasteiger partial charge on any atom is 0.245 e. The summed E-state index contributed by atoms with van der Waals surface area (Å²) in [7, 11) is 0. The number of aromatic amines is 1. The number of anilines is 1. The Hall–Kier alpha value is -1.93. The summed E-state index contributed by atoms with van der Waals surface area (Å²) in [5, 5.41) is 2.91. The molecule has 0 saturated carbocycles. The Labute approximate surface area is 125 Å². The average molecular weight is 311 g/mol. The van der Waals surface area contributed by atoms with E-state index in [0.29, 0.717) is 43.3 Å². The SMILES string of the molecule is CCNC(=O)C1COCCN1c1nc(Cl)nc2nc[nH]c12. The molecule has 1 atom stereocenters. The highest BCUT2D eigenvalue weighted by Crippen LogP contribution is 2.25. The van der Waals surface area contributed by atoms with Gasteiger partial charge in [0.25, 0.3) is 0 Å². The van der Waals surface area contributed by atoms with Gasteiger partial charge in [0.2, 0.25) is 11.2 Å². The smallest absolute Gasteiger partial charge is 0.245 e. The van der Waals surface area contributed by atoms with E-state index >= 15 is 0 Å². The van der Waals surface area contributed by atoms with E-state index in [4.69, 9.17) is 16.3 Å². The number of amides is 1. The summed E-state index contributed by atoms with van der Waals surface area (Å²) in [5.74, 6) is 0.474. The summed E-state index contributed by atoms with van der Waals surface area (Å²) in [6.45, 7) is 3.81. The summed E-state index contributed by atoms with van der Waals surface area (Å²) in [6, 6.07) is -0.448. The average Bonchev–Trinajstić information content (AvgIpc) is 2.94. The van der Waals surface area contributed by atoms with Gasteiger partial charge in [-0.1, -0.05) is 0 Å². The van der Waals surface area contributed by atoms with E-state index in [2.05, 4.69) is 25.3 Å². The van der Waals surface area contributed by atoms with Crippen LogP contribution in [-0.4, -0.2) is 58.2 Å². The van der Waals surface area contributed by atoms with Crippen molar-refractivity contribution in [2.75, 3.05) is 31.2 Å². The Morgan fingerprint density at radius 1 is 1.62 bits per heavy atom. The highest BCUT2D eigenvalue weighted by molar-refractivity contribution is 6.28. The van der Waals surface area contributed by atoms with Gasteiger partial charge in [-0.25, -0.2) is 4.98 Å². The van der Waals surface area contributed by atoms with Crippen molar-refractivity contribution in [1.82, 2.24) is 25.3 Å². The zero-order valence-electron chi connectivity index (χ0n) is 11.5. The Kier molecular flexibility index (Phi) is 3.89. The molecule has 3 rings (SSSR count). The number of morpholine rings is 1. The number of carbonyl (C=O) groups is 1. The van der Waals surface area contributed by atoms with Crippen LogP contribution in [-0.2, 0) is 9.53 Å². The number of H-pyrrole nitrogens is 1. The van der Waals surface area contributed by atoms with Crippen LogP contribution >= 0.6 is 11.6 Å². The summed E-state index contributed by atoms with van der Waals surface area (Å²) < 4.78 is 5.42. The topological polar surface area (TPSA) is 96.0 Å². The van der Waals surface area contributed by atoms with Crippen molar-refractivity contribution in [3.05, 3.63) is 11.6 Å². The number of aromatic nitrogens is 4. The van der Waals surface area contributed by atoms with Crippen LogP contribution in [0.5, 0.6) is 0 Å². The van der Waals surface area contributed by atoms with Crippen LogP contribution in [0.3, 0.4) is 0 Å². The fourth-order valence-electron chi connectivity index (χ4n) is 2.37. The van der Waals surface area contributed by atoms with Crippen LogP contribution in [0.1, 0.15) is 6.92 Å². The molecule has 21 heavy (non-hydrogen) atoms. The van der Waals surface area contributed by atoms with Crippen molar-refractivity contribution in [1.29, 1.82) is 0 Å². The van der Waals surface area contributed by atoms with E-state index in [1.807, 2.05) is 11.8 Å². The molecular formula is C12H15ClN6O2. The molecule has 1 amide bonds. The van der Waals surface area contributed by atoms with Gasteiger partial charge in [-0.15, -0.1) is 0 Å². The Morgan fingerprint density at radius 3 is 3.29 bits per heavy atom. The second-order valence-corrected chi connectivity index (χ2v) is 4.93. The van der Waals surface area contributed by atoms with Crippen LogP contribution < -0.4 is 10.2 Å². The zero-order valence-corrected chi connectivity index (χ0v) is 12.2. The first-order valence-electron chi connectivity index (χ1n) is 6.69. The Balaban J connectivity index is 2.02. The van der Waals surface area contributed by atoms with E-state index < -0.39 is 6.04 Å². The summed E-state index contributed by atoms with van der Waals surface area (Å²) in [6.07, 6.45) is 1.53. The van der Waals surface area contributed by atoms with Crippen molar-refractivity contribution in [3.8, 4) is 0 Å². The number of likely N-dealkylation sites (N-methyl/N-ethyl adjacent to an activating group) is 1. The molecular weight excluding hydrogens is 296 g/mol. The molecule has 0 aromatic carbocycles. The van der Waals surface area contributed by atoms with Crippen molar-refractivity contribution < 1.29 is 9.53 Å². The van der Waals surface area contributed by atoms with Gasteiger partial charge >= 0.3 is 0 Å². The minimum atomic E-state index is -0.448. The molecule has 0 spiro atoms. The summed E-state index contributed by atoms with van der Waals surface area (Å²) in [5.41, 5.74) is 1.14. The minimum absolute atomic E-state index is 0.0976. The Morgan fingerprint density at radius 2 is 2.48 bits per heavy atom. The van der Waals surface area contributed by atoms with Crippen LogP contribution in [0.15, 0.2) is 6.33 Å². The fraction of sp³-hybridized carbons (Fsp3) is 0.500. The van der Waals surface area contributed by atoms with Gasteiger partial charge in [0, 0.05) is 13.1 Å². The third kappa shape index (κ3) is 2.64. The lowest BCUT2D eigenvalue weighted by atomic mass is 10.2. The lowest BCUT2D eigenvalue weighted by Gasteiger charge is -2.35. The van der Waals surface area contributed by atoms with E-state index in [-0.39, 0.29) is 11.2 Å². The van der Waals surface area contributed by atoms with Crippen molar-refractivity contribution in [2.24, 2.45) is 0 Å². The number of rotatable bonds is 3. The number of nitrogens with zero attached hydrogens (tertiary/aromatic N) is 4. The number of fused-ring (bicyclic) bond motifs is 1. The molecule has 0 bridgehead atoms. The predicted octanol–water partition coefficient (Wildman–Crippen LogP) is 0.348. The van der Waals surface area contributed by atoms with Crippen LogP contribution in [0.25, 0.3) is 11.2 Å². The minimum Gasteiger partial charge on any atom is -0.377 e. The molecule has 0 radical (unpaired) electrons. The van der Waals surface area contributed by atoms with Crippen LogP contribution in [0.4, 0.5) is 5.82 Å². The maximum absolute atomic E-state index is 12.2. The lowest BCUT2D eigenvalue weighted by molar-refractivity contribution is -0.124. The monoisotopic (exact) mass is 310 g/mol. The number of carbonyl (C=O) groups excluding carboxylic acids is 1. The predicted molar refractivity (Wildman–Crippen MR) is 77.3 cm³/mol. The molecule has 2 aromatic heterocycles. The van der Waals surface area contributed by atoms with Gasteiger partial charge in [0.1, 0.15) is 11.6 Å². The normalized spacial score (nSPS) is 19.0. The molecule has 2 N–H and O–H groups in total. The largest absolute Gasteiger partial charge is 0.377 e. The van der Waals surface area contributed by atoms with Crippen molar-refractivity contribution in [2.45, 2.75) is 13.0 Å². The van der Waals surface area contributed by atoms with E-state index in [0.717, 1.165) is 0 Å². The first-order valence-corrected chi connectivity index (χ1v) is 7.07. The molecule has 9 heteroatoms. The molecule has 2 aromatic rings. The second kappa shape index (κ2) is 5.82. The van der Waals surface area contributed by atoms with Gasteiger partial charge in [-0.3, -0.25) is 4.79 Å². The maximum atomic E-state index is 12.2. The van der Waals surface area contributed by atoms with Gasteiger partial charge < -0.3 is 19.9 Å². The highest BCUT2D eigenvalue weighted by atomic mass is 35.5. The van der Waals surface area contributed by atoms with E-state index in [1.165, 1.54) is 6.33 Å². The molecule has 1 aliphatic rings. The number of hydrogen-bond donors (Lipinski definition) is 2. The van der Waals surface area contributed by atoms with Gasteiger partial charge in [-0.05, 0) is 18.5 Å². The van der Waals surface area contributed by atoms with Crippen molar-refractivity contribution >= 4 is 34.5 Å². The summed E-state index contributed by atoms with van der Waals surface area (Å²) >= 11 is 5.95. The third-order valence-corrected chi connectivity index (χ3v) is 3.46.